The number of carbonyl (C=O) groups is 1. The van der Waals surface area contributed by atoms with Gasteiger partial charge in [0.05, 0.1) is 19.1 Å². The summed E-state index contributed by atoms with van der Waals surface area (Å²) in [6.07, 6.45) is 4.24. The predicted octanol–water partition coefficient (Wildman–Crippen LogP) is 1.84. The molecular formula is C11H12O4. The highest BCUT2D eigenvalue weighted by molar-refractivity contribution is 5.86. The topological polar surface area (TPSA) is 52.0 Å². The number of esters is 1. The lowest BCUT2D eigenvalue weighted by molar-refractivity contribution is -0.147. The molecule has 2 atom stereocenters. The molecule has 2 heterocycles. The SMILES string of the molecule is C=CC1(C(=O)OCC)OC1c1ccoc1. The molecular weight excluding hydrogens is 196 g/mol. The molecule has 1 aromatic heterocycles. The molecule has 4 nitrogen and oxygen atoms in total. The van der Waals surface area contributed by atoms with Gasteiger partial charge in [-0.2, -0.15) is 0 Å². The first-order valence-electron chi connectivity index (χ1n) is 4.75. The summed E-state index contributed by atoms with van der Waals surface area (Å²) in [6, 6.07) is 1.76. The van der Waals surface area contributed by atoms with Crippen molar-refractivity contribution in [2.75, 3.05) is 6.61 Å². The fourth-order valence-electron chi connectivity index (χ4n) is 1.54. The minimum absolute atomic E-state index is 0.326. The Balaban J connectivity index is 2.15. The van der Waals surface area contributed by atoms with Crippen LogP contribution in [-0.4, -0.2) is 18.2 Å². The van der Waals surface area contributed by atoms with Crippen molar-refractivity contribution in [3.05, 3.63) is 36.8 Å². The molecule has 1 aliphatic heterocycles. The maximum atomic E-state index is 11.6. The molecule has 0 bridgehead atoms. The maximum absolute atomic E-state index is 11.6. The van der Waals surface area contributed by atoms with Gasteiger partial charge in [0.25, 0.3) is 0 Å². The van der Waals surface area contributed by atoms with Gasteiger partial charge >= 0.3 is 5.97 Å². The first-order chi connectivity index (χ1) is 7.24. The number of carbonyl (C=O) groups excluding carboxylic acids is 1. The van der Waals surface area contributed by atoms with Crippen molar-refractivity contribution in [2.24, 2.45) is 0 Å². The Morgan fingerprint density at radius 3 is 3.13 bits per heavy atom. The molecule has 4 heteroatoms. The Morgan fingerprint density at radius 2 is 2.60 bits per heavy atom. The number of hydrogen-bond donors (Lipinski definition) is 0. The monoisotopic (exact) mass is 208 g/mol. The number of hydrogen-bond acceptors (Lipinski definition) is 4. The summed E-state index contributed by atoms with van der Waals surface area (Å²) < 4.78 is 15.2. The van der Waals surface area contributed by atoms with E-state index in [-0.39, 0.29) is 6.10 Å². The molecule has 0 spiro atoms. The predicted molar refractivity (Wildman–Crippen MR) is 52.1 cm³/mol. The Hall–Kier alpha value is -1.55. The van der Waals surface area contributed by atoms with Crippen LogP contribution in [0.4, 0.5) is 0 Å². The number of epoxide rings is 1. The van der Waals surface area contributed by atoms with Gasteiger partial charge in [-0.05, 0) is 19.1 Å². The van der Waals surface area contributed by atoms with Crippen molar-refractivity contribution in [1.29, 1.82) is 0 Å². The number of furan rings is 1. The summed E-state index contributed by atoms with van der Waals surface area (Å²) in [5.41, 5.74) is -0.192. The Kier molecular flexibility index (Phi) is 2.36. The summed E-state index contributed by atoms with van der Waals surface area (Å²) in [4.78, 5) is 11.6. The van der Waals surface area contributed by atoms with Crippen LogP contribution in [0.2, 0.25) is 0 Å². The van der Waals surface area contributed by atoms with Gasteiger partial charge < -0.3 is 13.9 Å². The van der Waals surface area contributed by atoms with Crippen molar-refractivity contribution in [3.63, 3.8) is 0 Å². The van der Waals surface area contributed by atoms with E-state index < -0.39 is 11.6 Å². The zero-order valence-electron chi connectivity index (χ0n) is 8.43. The average Bonchev–Trinajstić information content (AvgIpc) is 2.75. The van der Waals surface area contributed by atoms with Crippen molar-refractivity contribution < 1.29 is 18.7 Å². The Bertz CT molecular complexity index is 368. The van der Waals surface area contributed by atoms with Crippen molar-refractivity contribution in [3.8, 4) is 0 Å². The smallest absolute Gasteiger partial charge is 0.345 e. The minimum atomic E-state index is -1.01. The molecule has 0 saturated carbocycles. The highest BCUT2D eigenvalue weighted by Gasteiger charge is 2.62. The van der Waals surface area contributed by atoms with Crippen molar-refractivity contribution in [1.82, 2.24) is 0 Å². The molecule has 0 N–H and O–H groups in total. The highest BCUT2D eigenvalue weighted by Crippen LogP contribution is 2.51. The third kappa shape index (κ3) is 1.47. The molecule has 0 aromatic carbocycles. The zero-order chi connectivity index (χ0) is 10.9. The van der Waals surface area contributed by atoms with E-state index in [1.807, 2.05) is 0 Å². The van der Waals surface area contributed by atoms with E-state index >= 15 is 0 Å². The Labute approximate surface area is 87.5 Å². The van der Waals surface area contributed by atoms with Crippen LogP contribution in [-0.2, 0) is 14.3 Å². The van der Waals surface area contributed by atoms with Gasteiger partial charge in [0.2, 0.25) is 5.60 Å². The highest BCUT2D eigenvalue weighted by atomic mass is 16.7. The van der Waals surface area contributed by atoms with Gasteiger partial charge in [-0.15, -0.1) is 0 Å². The molecule has 80 valence electrons. The zero-order valence-corrected chi connectivity index (χ0v) is 8.43. The summed E-state index contributed by atoms with van der Waals surface area (Å²) >= 11 is 0. The van der Waals surface area contributed by atoms with E-state index in [2.05, 4.69) is 6.58 Å². The second-order valence-corrected chi connectivity index (χ2v) is 3.27. The summed E-state index contributed by atoms with van der Waals surface area (Å²) in [5, 5.41) is 0. The van der Waals surface area contributed by atoms with Crippen molar-refractivity contribution >= 4 is 5.97 Å². The third-order valence-electron chi connectivity index (χ3n) is 2.39. The van der Waals surface area contributed by atoms with Gasteiger partial charge in [0.15, 0.2) is 0 Å². The summed E-state index contributed by atoms with van der Waals surface area (Å²) in [7, 11) is 0. The third-order valence-corrected chi connectivity index (χ3v) is 2.39. The Morgan fingerprint density at radius 1 is 1.80 bits per heavy atom. The van der Waals surface area contributed by atoms with Crippen LogP contribution >= 0.6 is 0 Å². The van der Waals surface area contributed by atoms with Gasteiger partial charge in [-0.1, -0.05) is 6.58 Å². The molecule has 15 heavy (non-hydrogen) atoms. The van der Waals surface area contributed by atoms with Crippen LogP contribution in [0.1, 0.15) is 18.6 Å². The summed E-state index contributed by atoms with van der Waals surface area (Å²) in [6.45, 7) is 5.69. The first-order valence-corrected chi connectivity index (χ1v) is 4.75. The fraction of sp³-hybridized carbons (Fsp3) is 0.364. The van der Waals surface area contributed by atoms with Crippen LogP contribution < -0.4 is 0 Å². The van der Waals surface area contributed by atoms with Crippen LogP contribution in [0.3, 0.4) is 0 Å². The fourth-order valence-corrected chi connectivity index (χ4v) is 1.54. The average molecular weight is 208 g/mol. The van der Waals surface area contributed by atoms with Crippen LogP contribution in [0, 0.1) is 0 Å². The lowest BCUT2D eigenvalue weighted by Gasteiger charge is -2.05. The van der Waals surface area contributed by atoms with Gasteiger partial charge in [0, 0.05) is 5.56 Å². The summed E-state index contributed by atoms with van der Waals surface area (Å²) in [5.74, 6) is -0.397. The van der Waals surface area contributed by atoms with Gasteiger partial charge in [0.1, 0.15) is 6.10 Å². The van der Waals surface area contributed by atoms with Crippen molar-refractivity contribution in [2.45, 2.75) is 18.6 Å². The quantitative estimate of drug-likeness (QED) is 0.430. The van der Waals surface area contributed by atoms with Gasteiger partial charge in [-0.25, -0.2) is 4.79 Å². The standard InChI is InChI=1S/C11H12O4/c1-3-11(10(12)14-4-2)9(15-11)8-5-6-13-7-8/h3,5-7,9H,1,4H2,2H3. The lowest BCUT2D eigenvalue weighted by atomic mass is 10.0. The number of ether oxygens (including phenoxy) is 2. The van der Waals surface area contributed by atoms with E-state index in [0.29, 0.717) is 6.61 Å². The van der Waals surface area contributed by atoms with Crippen LogP contribution in [0.25, 0.3) is 0 Å². The molecule has 2 rings (SSSR count). The molecule has 0 aliphatic carbocycles. The van der Waals surface area contributed by atoms with Crippen LogP contribution in [0.5, 0.6) is 0 Å². The molecule has 1 aromatic rings. The van der Waals surface area contributed by atoms with E-state index in [1.54, 1.807) is 19.3 Å². The lowest BCUT2D eigenvalue weighted by Crippen LogP contribution is -2.25. The van der Waals surface area contributed by atoms with E-state index in [1.165, 1.54) is 12.3 Å². The second kappa shape index (κ2) is 3.55. The normalized spacial score (nSPS) is 28.5. The van der Waals surface area contributed by atoms with Crippen LogP contribution in [0.15, 0.2) is 35.7 Å². The molecule has 1 saturated heterocycles. The number of rotatable bonds is 4. The molecule has 1 fully saturated rings. The first kappa shape index (κ1) is 9.98. The van der Waals surface area contributed by atoms with E-state index in [0.717, 1.165) is 5.56 Å². The second-order valence-electron chi connectivity index (χ2n) is 3.27. The van der Waals surface area contributed by atoms with E-state index in [4.69, 9.17) is 13.9 Å². The largest absolute Gasteiger partial charge is 0.472 e. The molecule has 0 amide bonds. The van der Waals surface area contributed by atoms with Gasteiger partial charge in [-0.3, -0.25) is 0 Å². The minimum Gasteiger partial charge on any atom is -0.472 e. The molecule has 2 unspecified atom stereocenters. The van der Waals surface area contributed by atoms with E-state index in [9.17, 15) is 4.79 Å². The molecule has 0 radical (unpaired) electrons. The maximum Gasteiger partial charge on any atom is 0.345 e. The molecule has 1 aliphatic rings.